The molecule has 0 saturated heterocycles. The molecule has 5 nitrogen and oxygen atoms in total. The Hall–Kier alpha value is -1.31. The molecule has 0 fully saturated rings. The van der Waals surface area contributed by atoms with E-state index in [4.69, 9.17) is 16.2 Å². The molecule has 86 valence electrons. The average molecular weight is 334 g/mol. The van der Waals surface area contributed by atoms with Gasteiger partial charge >= 0.3 is 5.97 Å². The molecule has 16 heavy (non-hydrogen) atoms. The smallest absolute Gasteiger partial charge is 0.341 e. The maximum absolute atomic E-state index is 11.6. The fourth-order valence-electron chi connectivity index (χ4n) is 0.987. The van der Waals surface area contributed by atoms with Crippen LogP contribution in [0.5, 0.6) is 0 Å². The lowest BCUT2D eigenvalue weighted by Crippen LogP contribution is -2.30. The molecular formula is C10H11IN2O3. The van der Waals surface area contributed by atoms with Crippen molar-refractivity contribution in [3.8, 4) is 0 Å². The minimum absolute atomic E-state index is 0.236. The van der Waals surface area contributed by atoms with E-state index in [1.54, 1.807) is 18.2 Å². The number of rotatable bonds is 3. The molecule has 1 amide bonds. The Balaban J connectivity index is 2.88. The summed E-state index contributed by atoms with van der Waals surface area (Å²) in [4.78, 5) is 22.3. The first-order valence-corrected chi connectivity index (χ1v) is 5.55. The maximum atomic E-state index is 11.6. The van der Waals surface area contributed by atoms with Gasteiger partial charge in [0.1, 0.15) is 0 Å². The van der Waals surface area contributed by atoms with E-state index in [-0.39, 0.29) is 5.56 Å². The lowest BCUT2D eigenvalue weighted by atomic mass is 10.2. The van der Waals surface area contributed by atoms with Crippen LogP contribution < -0.4 is 11.5 Å². The predicted octanol–water partition coefficient (Wildman–Crippen LogP) is 0.904. The highest BCUT2D eigenvalue weighted by atomic mass is 127. The van der Waals surface area contributed by atoms with Crippen molar-refractivity contribution in [2.75, 3.05) is 5.73 Å². The second-order valence-electron chi connectivity index (χ2n) is 3.18. The number of esters is 1. The van der Waals surface area contributed by atoms with E-state index >= 15 is 0 Å². The molecule has 6 heteroatoms. The van der Waals surface area contributed by atoms with Crippen molar-refractivity contribution in [3.05, 3.63) is 27.3 Å². The summed E-state index contributed by atoms with van der Waals surface area (Å²) in [5, 5.41) is 0. The standard InChI is InChI=1S/C10H11IN2O3/c1-5(9(13)14)16-10(15)7-4-6(11)2-3-8(7)12/h2-5H,12H2,1H3,(H2,13,14). The van der Waals surface area contributed by atoms with Crippen LogP contribution in [-0.4, -0.2) is 18.0 Å². The summed E-state index contributed by atoms with van der Waals surface area (Å²) in [5.41, 5.74) is 11.1. The van der Waals surface area contributed by atoms with E-state index in [1.807, 2.05) is 22.6 Å². The number of carbonyl (C=O) groups excluding carboxylic acids is 2. The van der Waals surface area contributed by atoms with Gasteiger partial charge in [-0.15, -0.1) is 0 Å². The van der Waals surface area contributed by atoms with Crippen LogP contribution in [0, 0.1) is 3.57 Å². The zero-order chi connectivity index (χ0) is 12.3. The molecule has 0 aromatic heterocycles. The Morgan fingerprint density at radius 3 is 2.62 bits per heavy atom. The maximum Gasteiger partial charge on any atom is 0.341 e. The van der Waals surface area contributed by atoms with Crippen molar-refractivity contribution < 1.29 is 14.3 Å². The van der Waals surface area contributed by atoms with E-state index in [0.717, 1.165) is 3.57 Å². The predicted molar refractivity (Wildman–Crippen MR) is 67.6 cm³/mol. The third-order valence-electron chi connectivity index (χ3n) is 1.92. The monoisotopic (exact) mass is 334 g/mol. The molecule has 4 N–H and O–H groups in total. The van der Waals surface area contributed by atoms with Gasteiger partial charge in [0.2, 0.25) is 0 Å². The molecule has 1 atom stereocenters. The average Bonchev–Trinajstić information content (AvgIpc) is 2.21. The van der Waals surface area contributed by atoms with Crippen LogP contribution in [0.4, 0.5) is 5.69 Å². The number of carbonyl (C=O) groups is 2. The van der Waals surface area contributed by atoms with E-state index in [0.29, 0.717) is 5.69 Å². The van der Waals surface area contributed by atoms with Gasteiger partial charge in [0.25, 0.3) is 5.91 Å². The first-order valence-electron chi connectivity index (χ1n) is 4.47. The van der Waals surface area contributed by atoms with Crippen LogP contribution in [0.3, 0.4) is 0 Å². The number of amides is 1. The lowest BCUT2D eigenvalue weighted by molar-refractivity contribution is -0.125. The summed E-state index contributed by atoms with van der Waals surface area (Å²) in [6, 6.07) is 4.96. The van der Waals surface area contributed by atoms with E-state index in [1.165, 1.54) is 6.92 Å². The Morgan fingerprint density at radius 1 is 1.44 bits per heavy atom. The summed E-state index contributed by atoms with van der Waals surface area (Å²) < 4.78 is 5.69. The van der Waals surface area contributed by atoms with Crippen molar-refractivity contribution in [3.63, 3.8) is 0 Å². The first-order chi connectivity index (χ1) is 7.41. The number of nitrogens with two attached hydrogens (primary N) is 2. The second-order valence-corrected chi connectivity index (χ2v) is 4.43. The van der Waals surface area contributed by atoms with Crippen LogP contribution in [0.2, 0.25) is 0 Å². The third kappa shape index (κ3) is 3.09. The van der Waals surface area contributed by atoms with Crippen molar-refractivity contribution in [1.29, 1.82) is 0 Å². The number of anilines is 1. The quantitative estimate of drug-likeness (QED) is 0.488. The van der Waals surface area contributed by atoms with E-state index < -0.39 is 18.0 Å². The number of halogens is 1. The topological polar surface area (TPSA) is 95.4 Å². The molecule has 0 bridgehead atoms. The first kappa shape index (κ1) is 12.8. The van der Waals surface area contributed by atoms with Gasteiger partial charge < -0.3 is 16.2 Å². The van der Waals surface area contributed by atoms with Crippen LogP contribution >= 0.6 is 22.6 Å². The minimum atomic E-state index is -0.968. The highest BCUT2D eigenvalue weighted by molar-refractivity contribution is 14.1. The van der Waals surface area contributed by atoms with Crippen molar-refractivity contribution >= 4 is 40.2 Å². The Bertz CT molecular complexity index is 434. The van der Waals surface area contributed by atoms with Crippen molar-refractivity contribution in [2.45, 2.75) is 13.0 Å². The zero-order valence-corrected chi connectivity index (χ0v) is 10.7. The van der Waals surface area contributed by atoms with Gasteiger partial charge in [0, 0.05) is 9.26 Å². The van der Waals surface area contributed by atoms with Gasteiger partial charge in [0.15, 0.2) is 6.10 Å². The molecule has 0 saturated carbocycles. The SMILES string of the molecule is CC(OC(=O)c1cc(I)ccc1N)C(N)=O. The van der Waals surface area contributed by atoms with Gasteiger partial charge in [-0.25, -0.2) is 4.79 Å². The summed E-state index contributed by atoms with van der Waals surface area (Å²) in [6.07, 6.45) is -0.968. The van der Waals surface area contributed by atoms with E-state index in [2.05, 4.69) is 0 Å². The number of ether oxygens (including phenoxy) is 1. The normalized spacial score (nSPS) is 11.9. The molecule has 0 aliphatic heterocycles. The van der Waals surface area contributed by atoms with Crippen LogP contribution in [0.15, 0.2) is 18.2 Å². The number of benzene rings is 1. The molecule has 1 aromatic rings. The van der Waals surface area contributed by atoms with Crippen LogP contribution in [0.25, 0.3) is 0 Å². The number of hydrogen-bond acceptors (Lipinski definition) is 4. The van der Waals surface area contributed by atoms with Gasteiger partial charge in [-0.05, 0) is 47.7 Å². The number of primary amides is 1. The third-order valence-corrected chi connectivity index (χ3v) is 2.59. The second kappa shape index (κ2) is 5.15. The number of nitrogen functional groups attached to an aromatic ring is 1. The Morgan fingerprint density at radius 2 is 2.06 bits per heavy atom. The Labute approximate surface area is 106 Å². The van der Waals surface area contributed by atoms with Gasteiger partial charge in [-0.1, -0.05) is 0 Å². The summed E-state index contributed by atoms with van der Waals surface area (Å²) in [7, 11) is 0. The molecule has 1 rings (SSSR count). The Kier molecular flexibility index (Phi) is 4.11. The molecule has 0 spiro atoms. The van der Waals surface area contributed by atoms with Gasteiger partial charge in [-0.3, -0.25) is 4.79 Å². The largest absolute Gasteiger partial charge is 0.449 e. The molecule has 0 aliphatic rings. The molecular weight excluding hydrogens is 323 g/mol. The molecule has 0 aliphatic carbocycles. The summed E-state index contributed by atoms with van der Waals surface area (Å²) in [6.45, 7) is 1.41. The van der Waals surface area contributed by atoms with E-state index in [9.17, 15) is 9.59 Å². The van der Waals surface area contributed by atoms with Crippen LogP contribution in [-0.2, 0) is 9.53 Å². The minimum Gasteiger partial charge on any atom is -0.449 e. The van der Waals surface area contributed by atoms with Crippen LogP contribution in [0.1, 0.15) is 17.3 Å². The molecule has 0 radical (unpaired) electrons. The lowest BCUT2D eigenvalue weighted by Gasteiger charge is -2.11. The summed E-state index contributed by atoms with van der Waals surface area (Å²) >= 11 is 2.05. The van der Waals surface area contributed by atoms with Crippen molar-refractivity contribution in [2.24, 2.45) is 5.73 Å². The molecule has 0 heterocycles. The summed E-state index contributed by atoms with van der Waals surface area (Å²) in [5.74, 6) is -1.35. The molecule has 1 aromatic carbocycles. The van der Waals surface area contributed by atoms with Gasteiger partial charge in [-0.2, -0.15) is 0 Å². The van der Waals surface area contributed by atoms with Crippen molar-refractivity contribution in [1.82, 2.24) is 0 Å². The fourth-order valence-corrected chi connectivity index (χ4v) is 1.48. The number of hydrogen-bond donors (Lipinski definition) is 2. The van der Waals surface area contributed by atoms with Gasteiger partial charge in [0.05, 0.1) is 5.56 Å². The fraction of sp³-hybridized carbons (Fsp3) is 0.200. The highest BCUT2D eigenvalue weighted by Crippen LogP contribution is 2.17. The zero-order valence-electron chi connectivity index (χ0n) is 8.57. The molecule has 1 unspecified atom stereocenters. The highest BCUT2D eigenvalue weighted by Gasteiger charge is 2.18.